The Morgan fingerprint density at radius 1 is 0.773 bits per heavy atom. The molecule has 22 heavy (non-hydrogen) atoms. The number of halogens is 2. The van der Waals surface area contributed by atoms with Crippen molar-refractivity contribution in [2.24, 2.45) is 0 Å². The lowest BCUT2D eigenvalue weighted by atomic mass is 10.0. The fourth-order valence-electron chi connectivity index (χ4n) is 2.08. The number of hydrogen-bond donors (Lipinski definition) is 0. The highest BCUT2D eigenvalue weighted by molar-refractivity contribution is 9.10. The Labute approximate surface area is 144 Å². The maximum absolute atomic E-state index is 11.0. The van der Waals surface area contributed by atoms with Gasteiger partial charge in [-0.25, -0.2) is 0 Å². The molecule has 0 spiro atoms. The molecule has 0 aromatic heterocycles. The van der Waals surface area contributed by atoms with Gasteiger partial charge in [0.25, 0.3) is 0 Å². The SMILES string of the molecule is COc1cc(C=O)c(Br)cc1-c1cc(Br)c(C=O)cc1OC. The molecule has 4 nitrogen and oxygen atoms in total. The summed E-state index contributed by atoms with van der Waals surface area (Å²) < 4.78 is 12.0. The molecular weight excluding hydrogens is 416 g/mol. The Hall–Kier alpha value is -1.66. The zero-order valence-electron chi connectivity index (χ0n) is 11.9. The molecule has 0 aliphatic carbocycles. The smallest absolute Gasteiger partial charge is 0.151 e. The zero-order chi connectivity index (χ0) is 16.3. The predicted octanol–water partition coefficient (Wildman–Crippen LogP) is 4.52. The molecule has 0 aliphatic heterocycles. The fourth-order valence-corrected chi connectivity index (χ4v) is 2.95. The first-order valence-corrected chi connectivity index (χ1v) is 7.80. The number of carbonyl (C=O) groups excluding carboxylic acids is 2. The number of carbonyl (C=O) groups is 2. The van der Waals surface area contributed by atoms with Gasteiger partial charge in [0.1, 0.15) is 11.5 Å². The van der Waals surface area contributed by atoms with Crippen LogP contribution < -0.4 is 9.47 Å². The number of rotatable bonds is 5. The summed E-state index contributed by atoms with van der Waals surface area (Å²) in [6.07, 6.45) is 1.50. The van der Waals surface area contributed by atoms with E-state index in [1.165, 1.54) is 14.2 Å². The molecule has 0 aliphatic rings. The molecule has 2 rings (SSSR count). The van der Waals surface area contributed by atoms with E-state index in [2.05, 4.69) is 31.9 Å². The molecule has 2 aromatic carbocycles. The van der Waals surface area contributed by atoms with E-state index in [9.17, 15) is 9.59 Å². The number of ether oxygens (including phenoxy) is 2. The van der Waals surface area contributed by atoms with Gasteiger partial charge in [0.15, 0.2) is 12.6 Å². The molecule has 2 aromatic rings. The van der Waals surface area contributed by atoms with E-state index >= 15 is 0 Å². The van der Waals surface area contributed by atoms with E-state index in [0.29, 0.717) is 31.6 Å². The monoisotopic (exact) mass is 426 g/mol. The van der Waals surface area contributed by atoms with E-state index in [4.69, 9.17) is 9.47 Å². The van der Waals surface area contributed by atoms with Crippen LogP contribution in [0.1, 0.15) is 20.7 Å². The van der Waals surface area contributed by atoms with Gasteiger partial charge in [0, 0.05) is 31.2 Å². The lowest BCUT2D eigenvalue weighted by Gasteiger charge is -2.15. The van der Waals surface area contributed by atoms with Crippen LogP contribution in [0.5, 0.6) is 11.5 Å². The highest BCUT2D eigenvalue weighted by Crippen LogP contribution is 2.41. The highest BCUT2D eigenvalue weighted by Gasteiger charge is 2.16. The van der Waals surface area contributed by atoms with Crippen LogP contribution in [0.2, 0.25) is 0 Å². The summed E-state index contributed by atoms with van der Waals surface area (Å²) in [5.74, 6) is 1.07. The van der Waals surface area contributed by atoms with Crippen LogP contribution in [0.3, 0.4) is 0 Å². The molecule has 0 amide bonds. The fraction of sp³-hybridized carbons (Fsp3) is 0.125. The minimum absolute atomic E-state index is 0.489. The largest absolute Gasteiger partial charge is 0.496 e. The van der Waals surface area contributed by atoms with Crippen molar-refractivity contribution in [2.75, 3.05) is 14.2 Å². The minimum atomic E-state index is 0.489. The summed E-state index contributed by atoms with van der Waals surface area (Å²) >= 11 is 6.73. The predicted molar refractivity (Wildman–Crippen MR) is 91.2 cm³/mol. The third-order valence-corrected chi connectivity index (χ3v) is 4.56. The second kappa shape index (κ2) is 7.07. The van der Waals surface area contributed by atoms with Crippen molar-refractivity contribution in [3.05, 3.63) is 44.3 Å². The van der Waals surface area contributed by atoms with Crippen LogP contribution in [0.4, 0.5) is 0 Å². The zero-order valence-corrected chi connectivity index (χ0v) is 15.0. The lowest BCUT2D eigenvalue weighted by Crippen LogP contribution is -1.96. The quantitative estimate of drug-likeness (QED) is 0.658. The summed E-state index contributed by atoms with van der Waals surface area (Å²) in [4.78, 5) is 22.1. The molecule has 6 heteroatoms. The van der Waals surface area contributed by atoms with Crippen molar-refractivity contribution >= 4 is 44.4 Å². The average molecular weight is 428 g/mol. The molecule has 0 bridgehead atoms. The lowest BCUT2D eigenvalue weighted by molar-refractivity contribution is 0.111. The molecule has 0 N–H and O–H groups in total. The van der Waals surface area contributed by atoms with E-state index in [1.54, 1.807) is 24.3 Å². The van der Waals surface area contributed by atoms with Crippen LogP contribution in [-0.4, -0.2) is 26.8 Å². The van der Waals surface area contributed by atoms with Gasteiger partial charge in [-0.3, -0.25) is 9.59 Å². The molecule has 114 valence electrons. The van der Waals surface area contributed by atoms with E-state index in [0.717, 1.165) is 23.7 Å². The normalized spacial score (nSPS) is 10.2. The summed E-state index contributed by atoms with van der Waals surface area (Å²) in [7, 11) is 3.06. The van der Waals surface area contributed by atoms with Gasteiger partial charge in [0.2, 0.25) is 0 Å². The summed E-state index contributed by atoms with van der Waals surface area (Å²) in [5, 5.41) is 0. The molecule has 0 atom stereocenters. The molecule has 0 saturated carbocycles. The molecule has 0 heterocycles. The Morgan fingerprint density at radius 3 is 1.41 bits per heavy atom. The molecule has 0 fully saturated rings. The van der Waals surface area contributed by atoms with Crippen LogP contribution in [-0.2, 0) is 0 Å². The van der Waals surface area contributed by atoms with Gasteiger partial charge in [0.05, 0.1) is 14.2 Å². The maximum atomic E-state index is 11.0. The highest BCUT2D eigenvalue weighted by atomic mass is 79.9. The summed E-state index contributed by atoms with van der Waals surface area (Å²) in [5.41, 5.74) is 2.47. The van der Waals surface area contributed by atoms with Crippen molar-refractivity contribution in [1.29, 1.82) is 0 Å². The Morgan fingerprint density at radius 2 is 1.14 bits per heavy atom. The average Bonchev–Trinajstić information content (AvgIpc) is 2.54. The van der Waals surface area contributed by atoms with Gasteiger partial charge < -0.3 is 9.47 Å². The van der Waals surface area contributed by atoms with Crippen LogP contribution in [0.15, 0.2) is 33.2 Å². The topological polar surface area (TPSA) is 52.6 Å². The number of hydrogen-bond acceptors (Lipinski definition) is 4. The van der Waals surface area contributed by atoms with Crippen molar-refractivity contribution in [2.45, 2.75) is 0 Å². The van der Waals surface area contributed by atoms with Gasteiger partial charge in [-0.05, 0) is 24.3 Å². The minimum Gasteiger partial charge on any atom is -0.496 e. The van der Waals surface area contributed by atoms with Crippen LogP contribution >= 0.6 is 31.9 Å². The van der Waals surface area contributed by atoms with Crippen molar-refractivity contribution in [3.8, 4) is 22.6 Å². The number of benzene rings is 2. The van der Waals surface area contributed by atoms with E-state index in [-0.39, 0.29) is 0 Å². The number of methoxy groups -OCH3 is 2. The maximum Gasteiger partial charge on any atom is 0.151 e. The van der Waals surface area contributed by atoms with Gasteiger partial charge in [-0.1, -0.05) is 31.9 Å². The Bertz CT molecular complexity index is 678. The summed E-state index contributed by atoms with van der Waals surface area (Å²) in [6.45, 7) is 0. The second-order valence-corrected chi connectivity index (χ2v) is 6.09. The first kappa shape index (κ1) is 16.7. The molecule has 0 saturated heterocycles. The third-order valence-electron chi connectivity index (χ3n) is 3.18. The van der Waals surface area contributed by atoms with Gasteiger partial charge in [-0.2, -0.15) is 0 Å². The first-order valence-electron chi connectivity index (χ1n) is 6.21. The second-order valence-electron chi connectivity index (χ2n) is 4.38. The summed E-state index contributed by atoms with van der Waals surface area (Å²) in [6, 6.07) is 6.86. The van der Waals surface area contributed by atoms with Gasteiger partial charge in [-0.15, -0.1) is 0 Å². The van der Waals surface area contributed by atoms with Crippen molar-refractivity contribution in [3.63, 3.8) is 0 Å². The van der Waals surface area contributed by atoms with E-state index in [1.807, 2.05) is 0 Å². The Balaban J connectivity index is 2.75. The van der Waals surface area contributed by atoms with Crippen molar-refractivity contribution < 1.29 is 19.1 Å². The van der Waals surface area contributed by atoms with Crippen LogP contribution in [0, 0.1) is 0 Å². The third kappa shape index (κ3) is 3.08. The molecular formula is C16H12Br2O4. The first-order chi connectivity index (χ1) is 10.5. The molecule has 0 radical (unpaired) electrons. The van der Waals surface area contributed by atoms with Crippen molar-refractivity contribution in [1.82, 2.24) is 0 Å². The molecule has 0 unspecified atom stereocenters. The van der Waals surface area contributed by atoms with E-state index < -0.39 is 0 Å². The van der Waals surface area contributed by atoms with Gasteiger partial charge >= 0.3 is 0 Å². The number of aldehydes is 2. The Kier molecular flexibility index (Phi) is 5.37. The standard InChI is InChI=1S/C16H12Br2O4/c1-21-15-3-9(7-19)13(17)5-11(15)12-6-14(18)10(8-20)4-16(12)22-2/h3-8H,1-2H3. The van der Waals surface area contributed by atoms with Crippen LogP contribution in [0.25, 0.3) is 11.1 Å².